The largest absolute Gasteiger partial charge is 0.496 e. The lowest BCUT2D eigenvalue weighted by Gasteiger charge is -2.22. The summed E-state index contributed by atoms with van der Waals surface area (Å²) < 4.78 is 11.0. The van der Waals surface area contributed by atoms with Crippen molar-refractivity contribution >= 4 is 29.9 Å². The number of rotatable bonds is 8. The maximum atomic E-state index is 5.68. The van der Waals surface area contributed by atoms with E-state index in [9.17, 15) is 0 Å². The summed E-state index contributed by atoms with van der Waals surface area (Å²) in [4.78, 5) is 6.41. The first kappa shape index (κ1) is 20.0. The van der Waals surface area contributed by atoms with Crippen LogP contribution in [0.4, 0.5) is 0 Å². The second-order valence-corrected chi connectivity index (χ2v) is 5.65. The van der Waals surface area contributed by atoms with Crippen LogP contribution in [0, 0.1) is 5.92 Å². The zero-order chi connectivity index (χ0) is 15.8. The van der Waals surface area contributed by atoms with Crippen LogP contribution in [0.1, 0.15) is 18.4 Å². The number of nitrogens with one attached hydrogen (secondary N) is 1. The number of hydrogen-bond acceptors (Lipinski definition) is 3. The Morgan fingerprint density at radius 3 is 2.74 bits per heavy atom. The molecule has 1 saturated carbocycles. The molecular weight excluding hydrogens is 405 g/mol. The molecule has 0 aliphatic heterocycles. The maximum absolute atomic E-state index is 5.68. The molecule has 1 N–H and O–H groups in total. The van der Waals surface area contributed by atoms with Crippen molar-refractivity contribution in [1.29, 1.82) is 0 Å². The number of nitrogens with zero attached hydrogens (tertiary/aromatic N) is 2. The fraction of sp³-hybridized carbons (Fsp3) is 0.588. The number of ether oxygens (including phenoxy) is 2. The van der Waals surface area contributed by atoms with E-state index >= 15 is 0 Å². The third-order valence-corrected chi connectivity index (χ3v) is 3.82. The van der Waals surface area contributed by atoms with Crippen LogP contribution in [0.3, 0.4) is 0 Å². The van der Waals surface area contributed by atoms with E-state index in [1.165, 1.54) is 12.8 Å². The first-order chi connectivity index (χ1) is 10.7. The number of aliphatic imine (C=N–C) groups is 1. The van der Waals surface area contributed by atoms with Gasteiger partial charge in [0.15, 0.2) is 5.96 Å². The number of benzene rings is 1. The predicted octanol–water partition coefficient (Wildman–Crippen LogP) is 2.75. The van der Waals surface area contributed by atoms with Gasteiger partial charge in [-0.15, -0.1) is 24.0 Å². The molecule has 23 heavy (non-hydrogen) atoms. The van der Waals surface area contributed by atoms with Gasteiger partial charge in [0.1, 0.15) is 5.75 Å². The molecule has 0 unspecified atom stereocenters. The van der Waals surface area contributed by atoms with Gasteiger partial charge >= 0.3 is 0 Å². The number of hydrogen-bond donors (Lipinski definition) is 1. The highest BCUT2D eigenvalue weighted by atomic mass is 127. The summed E-state index contributed by atoms with van der Waals surface area (Å²) in [5, 5.41) is 3.36. The fourth-order valence-electron chi connectivity index (χ4n) is 2.25. The standard InChI is InChI=1S/C17H27N3O2.HI/c1-18-17(20(2)10-11-22-13-14-8-9-14)19-12-15-6-4-5-7-16(15)21-3;/h4-7,14H,8-13H2,1-3H3,(H,18,19);1H. The highest BCUT2D eigenvalue weighted by molar-refractivity contribution is 14.0. The van der Waals surface area contributed by atoms with Gasteiger partial charge in [0, 0.05) is 39.4 Å². The summed E-state index contributed by atoms with van der Waals surface area (Å²) in [5.41, 5.74) is 1.12. The second-order valence-electron chi connectivity index (χ2n) is 5.65. The summed E-state index contributed by atoms with van der Waals surface area (Å²) in [6.07, 6.45) is 2.66. The molecule has 0 bridgehead atoms. The molecule has 0 spiro atoms. The van der Waals surface area contributed by atoms with Crippen LogP contribution < -0.4 is 10.1 Å². The molecule has 1 aromatic rings. The average molecular weight is 433 g/mol. The third-order valence-electron chi connectivity index (χ3n) is 3.82. The van der Waals surface area contributed by atoms with E-state index in [1.807, 2.05) is 25.2 Å². The number of halogens is 1. The average Bonchev–Trinajstić information content (AvgIpc) is 3.37. The first-order valence-electron chi connectivity index (χ1n) is 7.86. The van der Waals surface area contributed by atoms with Crippen LogP contribution in [0.5, 0.6) is 5.75 Å². The summed E-state index contributed by atoms with van der Waals surface area (Å²) in [6.45, 7) is 3.16. The highest BCUT2D eigenvalue weighted by Crippen LogP contribution is 2.28. The third kappa shape index (κ3) is 6.95. The molecule has 0 radical (unpaired) electrons. The molecule has 0 aromatic heterocycles. The van der Waals surface area contributed by atoms with Gasteiger partial charge in [-0.3, -0.25) is 4.99 Å². The van der Waals surface area contributed by atoms with E-state index in [4.69, 9.17) is 9.47 Å². The van der Waals surface area contributed by atoms with E-state index in [1.54, 1.807) is 14.2 Å². The molecule has 1 fully saturated rings. The normalized spacial score (nSPS) is 14.1. The van der Waals surface area contributed by atoms with Crippen molar-refractivity contribution in [2.75, 3.05) is 41.0 Å². The van der Waals surface area contributed by atoms with Crippen molar-refractivity contribution in [3.05, 3.63) is 29.8 Å². The van der Waals surface area contributed by atoms with Crippen molar-refractivity contribution in [2.45, 2.75) is 19.4 Å². The van der Waals surface area contributed by atoms with Crippen molar-refractivity contribution in [3.8, 4) is 5.75 Å². The van der Waals surface area contributed by atoms with Gasteiger partial charge in [-0.05, 0) is 24.8 Å². The summed E-state index contributed by atoms with van der Waals surface area (Å²) in [7, 11) is 5.52. The van der Waals surface area contributed by atoms with Crippen LogP contribution in [0.2, 0.25) is 0 Å². The molecule has 1 aromatic carbocycles. The van der Waals surface area contributed by atoms with Crippen LogP contribution in [0.15, 0.2) is 29.3 Å². The Labute approximate surface area is 156 Å². The Bertz CT molecular complexity index is 492. The smallest absolute Gasteiger partial charge is 0.193 e. The zero-order valence-electron chi connectivity index (χ0n) is 14.2. The van der Waals surface area contributed by atoms with Crippen molar-refractivity contribution in [2.24, 2.45) is 10.9 Å². The maximum Gasteiger partial charge on any atom is 0.193 e. The lowest BCUT2D eigenvalue weighted by molar-refractivity contribution is 0.115. The SMILES string of the molecule is CN=C(NCc1ccccc1OC)N(C)CCOCC1CC1.I. The molecule has 1 aliphatic rings. The molecule has 0 atom stereocenters. The molecule has 1 aliphatic carbocycles. The van der Waals surface area contributed by atoms with Gasteiger partial charge in [0.25, 0.3) is 0 Å². The van der Waals surface area contributed by atoms with E-state index in [0.29, 0.717) is 6.54 Å². The zero-order valence-corrected chi connectivity index (χ0v) is 16.6. The van der Waals surface area contributed by atoms with Crippen molar-refractivity contribution < 1.29 is 9.47 Å². The lowest BCUT2D eigenvalue weighted by Crippen LogP contribution is -2.40. The topological polar surface area (TPSA) is 46.1 Å². The number of para-hydroxylation sites is 1. The molecular formula is C17H28IN3O2. The molecule has 6 heteroatoms. The summed E-state index contributed by atoms with van der Waals surface area (Å²) in [5.74, 6) is 2.56. The lowest BCUT2D eigenvalue weighted by atomic mass is 10.2. The van der Waals surface area contributed by atoms with Gasteiger partial charge in [0.05, 0.1) is 13.7 Å². The van der Waals surface area contributed by atoms with E-state index in [0.717, 1.165) is 42.9 Å². The Kier molecular flexibility index (Phi) is 9.31. The second kappa shape index (κ2) is 10.7. The van der Waals surface area contributed by atoms with Gasteiger partial charge in [-0.1, -0.05) is 18.2 Å². The van der Waals surface area contributed by atoms with Crippen LogP contribution >= 0.6 is 24.0 Å². The van der Waals surface area contributed by atoms with Crippen LogP contribution in [0.25, 0.3) is 0 Å². The Morgan fingerprint density at radius 1 is 1.35 bits per heavy atom. The number of methoxy groups -OCH3 is 1. The molecule has 2 rings (SSSR count). The predicted molar refractivity (Wildman–Crippen MR) is 105 cm³/mol. The van der Waals surface area contributed by atoms with E-state index in [2.05, 4.69) is 21.3 Å². The Hall–Kier alpha value is -1.02. The Morgan fingerprint density at radius 2 is 2.09 bits per heavy atom. The minimum absolute atomic E-state index is 0. The molecule has 130 valence electrons. The van der Waals surface area contributed by atoms with E-state index in [-0.39, 0.29) is 24.0 Å². The minimum Gasteiger partial charge on any atom is -0.496 e. The Balaban J connectivity index is 0.00000264. The van der Waals surface area contributed by atoms with Crippen molar-refractivity contribution in [3.63, 3.8) is 0 Å². The van der Waals surface area contributed by atoms with Crippen LogP contribution in [-0.4, -0.2) is 51.8 Å². The molecule has 0 heterocycles. The molecule has 0 saturated heterocycles. The number of guanidine groups is 1. The molecule has 5 nitrogen and oxygen atoms in total. The summed E-state index contributed by atoms with van der Waals surface area (Å²) >= 11 is 0. The monoisotopic (exact) mass is 433 g/mol. The quantitative estimate of drug-likeness (QED) is 0.297. The fourth-order valence-corrected chi connectivity index (χ4v) is 2.25. The minimum atomic E-state index is 0. The number of likely N-dealkylation sites (N-methyl/N-ethyl adjacent to an activating group) is 1. The van der Waals surface area contributed by atoms with Crippen molar-refractivity contribution in [1.82, 2.24) is 10.2 Å². The first-order valence-corrected chi connectivity index (χ1v) is 7.86. The van der Waals surface area contributed by atoms with E-state index < -0.39 is 0 Å². The highest BCUT2D eigenvalue weighted by Gasteiger charge is 2.21. The van der Waals surface area contributed by atoms with Crippen LogP contribution in [-0.2, 0) is 11.3 Å². The van der Waals surface area contributed by atoms with Gasteiger partial charge in [-0.2, -0.15) is 0 Å². The van der Waals surface area contributed by atoms with Gasteiger partial charge < -0.3 is 19.7 Å². The molecule has 0 amide bonds. The van der Waals surface area contributed by atoms with Gasteiger partial charge in [-0.25, -0.2) is 0 Å². The van der Waals surface area contributed by atoms with Gasteiger partial charge in [0.2, 0.25) is 0 Å². The summed E-state index contributed by atoms with van der Waals surface area (Å²) in [6, 6.07) is 8.01.